The van der Waals surface area contributed by atoms with Crippen LogP contribution in [-0.2, 0) is 14.3 Å². The number of aliphatic hydroxyl groups is 2. The van der Waals surface area contributed by atoms with Crippen LogP contribution in [0.4, 0.5) is 0 Å². The molecule has 0 aliphatic rings. The summed E-state index contributed by atoms with van der Waals surface area (Å²) in [5.74, 6) is -0.0618. The third-order valence-corrected chi connectivity index (χ3v) is 13.6. The van der Waals surface area contributed by atoms with E-state index in [1.165, 1.54) is 257 Å². The fourth-order valence-corrected chi connectivity index (χ4v) is 9.11. The number of esters is 1. The van der Waals surface area contributed by atoms with E-state index in [1.807, 2.05) is 6.08 Å². The molecule has 0 saturated carbocycles. The van der Waals surface area contributed by atoms with E-state index in [4.69, 9.17) is 4.74 Å². The van der Waals surface area contributed by atoms with Crippen LogP contribution < -0.4 is 5.32 Å². The molecule has 0 aromatic rings. The molecule has 64 heavy (non-hydrogen) atoms. The number of unbranched alkanes of at least 4 members (excludes halogenated alkanes) is 43. The number of hydrogen-bond donors (Lipinski definition) is 3. The molecular formula is C58H113NO5. The molecule has 0 spiro atoms. The Morgan fingerprint density at radius 2 is 0.719 bits per heavy atom. The average molecular weight is 905 g/mol. The second-order valence-corrected chi connectivity index (χ2v) is 20.0. The molecule has 0 aromatic heterocycles. The lowest BCUT2D eigenvalue weighted by Gasteiger charge is -2.20. The molecule has 0 saturated heterocycles. The molecule has 0 bridgehead atoms. The van der Waals surface area contributed by atoms with E-state index in [-0.39, 0.29) is 18.5 Å². The zero-order valence-electron chi connectivity index (χ0n) is 43.3. The van der Waals surface area contributed by atoms with E-state index in [1.54, 1.807) is 6.08 Å². The Balaban J connectivity index is 3.43. The quantitative estimate of drug-likeness (QED) is 0.0321. The number of allylic oxidation sites excluding steroid dienone is 1. The first-order valence-corrected chi connectivity index (χ1v) is 29.0. The Kier molecular flexibility index (Phi) is 53.0. The van der Waals surface area contributed by atoms with Crippen LogP contribution >= 0.6 is 0 Å². The second-order valence-electron chi connectivity index (χ2n) is 20.0. The molecule has 2 unspecified atom stereocenters. The smallest absolute Gasteiger partial charge is 0.305 e. The normalized spacial score (nSPS) is 12.6. The Morgan fingerprint density at radius 1 is 0.422 bits per heavy atom. The highest BCUT2D eigenvalue weighted by atomic mass is 16.5. The fraction of sp³-hybridized carbons (Fsp3) is 0.931. The molecule has 0 fully saturated rings. The number of carbonyl (C=O) groups is 2. The van der Waals surface area contributed by atoms with E-state index in [0.717, 1.165) is 38.5 Å². The summed E-state index contributed by atoms with van der Waals surface area (Å²) in [4.78, 5) is 24.5. The van der Waals surface area contributed by atoms with Crippen molar-refractivity contribution in [2.45, 2.75) is 334 Å². The summed E-state index contributed by atoms with van der Waals surface area (Å²) >= 11 is 0. The van der Waals surface area contributed by atoms with Crippen molar-refractivity contribution in [3.8, 4) is 0 Å². The Hall–Kier alpha value is -1.40. The van der Waals surface area contributed by atoms with Gasteiger partial charge in [0.05, 0.1) is 25.4 Å². The second kappa shape index (κ2) is 54.2. The molecule has 0 radical (unpaired) electrons. The maximum absolute atomic E-state index is 12.5. The van der Waals surface area contributed by atoms with Gasteiger partial charge in [-0.25, -0.2) is 0 Å². The predicted molar refractivity (Wildman–Crippen MR) is 278 cm³/mol. The lowest BCUT2D eigenvalue weighted by Crippen LogP contribution is -2.45. The van der Waals surface area contributed by atoms with Crippen LogP contribution in [0.1, 0.15) is 322 Å². The van der Waals surface area contributed by atoms with Crippen LogP contribution in [0.5, 0.6) is 0 Å². The van der Waals surface area contributed by atoms with Gasteiger partial charge in [-0.15, -0.1) is 0 Å². The predicted octanol–water partition coefficient (Wildman–Crippen LogP) is 17.7. The largest absolute Gasteiger partial charge is 0.466 e. The molecule has 1 amide bonds. The highest BCUT2D eigenvalue weighted by Gasteiger charge is 2.18. The summed E-state index contributed by atoms with van der Waals surface area (Å²) < 4.78 is 5.47. The Bertz CT molecular complexity index is 955. The van der Waals surface area contributed by atoms with E-state index < -0.39 is 12.1 Å². The topological polar surface area (TPSA) is 95.9 Å². The highest BCUT2D eigenvalue weighted by molar-refractivity contribution is 5.76. The summed E-state index contributed by atoms with van der Waals surface area (Å²) in [6.07, 6.45) is 63.7. The first kappa shape index (κ1) is 62.6. The van der Waals surface area contributed by atoms with E-state index in [2.05, 4.69) is 19.2 Å². The van der Waals surface area contributed by atoms with Gasteiger partial charge in [0, 0.05) is 12.8 Å². The molecule has 380 valence electrons. The number of amides is 1. The van der Waals surface area contributed by atoms with Crippen molar-refractivity contribution in [1.29, 1.82) is 0 Å². The van der Waals surface area contributed by atoms with Gasteiger partial charge < -0.3 is 20.3 Å². The van der Waals surface area contributed by atoms with E-state index in [0.29, 0.717) is 19.4 Å². The van der Waals surface area contributed by atoms with Crippen molar-refractivity contribution in [3.63, 3.8) is 0 Å². The molecule has 0 heterocycles. The summed E-state index contributed by atoms with van der Waals surface area (Å²) in [6.45, 7) is 4.91. The number of ether oxygens (including phenoxy) is 1. The Labute approximate surface area is 399 Å². The van der Waals surface area contributed by atoms with Gasteiger partial charge in [0.25, 0.3) is 0 Å². The fourth-order valence-electron chi connectivity index (χ4n) is 9.11. The van der Waals surface area contributed by atoms with Crippen molar-refractivity contribution in [3.05, 3.63) is 12.2 Å². The SMILES string of the molecule is CCCCCCCCCCCCCCCCC/C=C/C(O)C(CO)NC(=O)CCCCCCCCCCCCCCCCCCCCOC(=O)CCCCCCCCCCCCCC. The summed E-state index contributed by atoms with van der Waals surface area (Å²) in [5, 5.41) is 23.1. The van der Waals surface area contributed by atoms with Crippen molar-refractivity contribution in [2.24, 2.45) is 0 Å². The third-order valence-electron chi connectivity index (χ3n) is 13.6. The summed E-state index contributed by atoms with van der Waals surface area (Å²) in [6, 6.07) is -0.630. The number of aliphatic hydroxyl groups excluding tert-OH is 2. The monoisotopic (exact) mass is 904 g/mol. The van der Waals surface area contributed by atoms with Crippen molar-refractivity contribution in [1.82, 2.24) is 5.32 Å². The maximum Gasteiger partial charge on any atom is 0.305 e. The Morgan fingerprint density at radius 3 is 1.06 bits per heavy atom. The standard InChI is InChI=1S/C58H113NO5/c1-3-5-7-9-11-13-15-17-18-21-24-27-30-34-38-42-46-50-56(61)55(54-60)59-57(62)51-47-43-39-35-31-28-25-22-19-20-23-26-29-33-37-41-45-49-53-64-58(63)52-48-44-40-36-32-16-14-12-10-8-6-4-2/h46,50,55-56,60-61H,3-45,47-49,51-54H2,1-2H3,(H,59,62)/b50-46+. The minimum absolute atomic E-state index is 0.00767. The lowest BCUT2D eigenvalue weighted by molar-refractivity contribution is -0.143. The zero-order chi connectivity index (χ0) is 46.5. The summed E-state index contributed by atoms with van der Waals surface area (Å²) in [7, 11) is 0. The summed E-state index contributed by atoms with van der Waals surface area (Å²) in [5.41, 5.74) is 0. The minimum Gasteiger partial charge on any atom is -0.466 e. The van der Waals surface area contributed by atoms with Gasteiger partial charge in [0.2, 0.25) is 5.91 Å². The van der Waals surface area contributed by atoms with Crippen molar-refractivity contribution >= 4 is 11.9 Å². The van der Waals surface area contributed by atoms with Gasteiger partial charge in [-0.05, 0) is 32.1 Å². The average Bonchev–Trinajstić information content (AvgIpc) is 3.29. The van der Waals surface area contributed by atoms with Gasteiger partial charge in [0.15, 0.2) is 0 Å². The van der Waals surface area contributed by atoms with Gasteiger partial charge >= 0.3 is 5.97 Å². The molecule has 3 N–H and O–H groups in total. The molecule has 0 aromatic carbocycles. The zero-order valence-corrected chi connectivity index (χ0v) is 43.3. The molecule has 6 heteroatoms. The van der Waals surface area contributed by atoms with Crippen LogP contribution in [0.3, 0.4) is 0 Å². The molecule has 0 aliphatic heterocycles. The van der Waals surface area contributed by atoms with Gasteiger partial charge in [-0.3, -0.25) is 9.59 Å². The van der Waals surface area contributed by atoms with Crippen LogP contribution in [-0.4, -0.2) is 47.4 Å². The maximum atomic E-state index is 12.5. The van der Waals surface area contributed by atoms with E-state index in [9.17, 15) is 19.8 Å². The number of hydrogen-bond acceptors (Lipinski definition) is 5. The highest BCUT2D eigenvalue weighted by Crippen LogP contribution is 2.17. The van der Waals surface area contributed by atoms with Gasteiger partial charge in [-0.1, -0.05) is 289 Å². The minimum atomic E-state index is -0.846. The molecule has 2 atom stereocenters. The number of nitrogens with one attached hydrogen (secondary N) is 1. The third kappa shape index (κ3) is 50.0. The lowest BCUT2D eigenvalue weighted by atomic mass is 10.0. The number of carbonyl (C=O) groups excluding carboxylic acids is 2. The van der Waals surface area contributed by atoms with Crippen LogP contribution in [0.15, 0.2) is 12.2 Å². The first-order valence-electron chi connectivity index (χ1n) is 29.0. The van der Waals surface area contributed by atoms with Crippen molar-refractivity contribution < 1.29 is 24.5 Å². The van der Waals surface area contributed by atoms with Gasteiger partial charge in [0.1, 0.15) is 0 Å². The number of rotatable bonds is 54. The molecule has 0 rings (SSSR count). The molecule has 6 nitrogen and oxygen atoms in total. The van der Waals surface area contributed by atoms with Crippen molar-refractivity contribution in [2.75, 3.05) is 13.2 Å². The van der Waals surface area contributed by atoms with Crippen LogP contribution in [0.2, 0.25) is 0 Å². The van der Waals surface area contributed by atoms with Crippen LogP contribution in [0.25, 0.3) is 0 Å². The first-order chi connectivity index (χ1) is 31.5. The molecule has 0 aliphatic carbocycles. The van der Waals surface area contributed by atoms with E-state index >= 15 is 0 Å². The molecular weight excluding hydrogens is 791 g/mol. The van der Waals surface area contributed by atoms with Gasteiger partial charge in [-0.2, -0.15) is 0 Å². The van der Waals surface area contributed by atoms with Crippen LogP contribution in [0, 0.1) is 0 Å².